The SMILES string of the molecule is C[C@@H](COCc1ccccc1)C(=O)N[C@H]1CCCc2[nH]c(=O)ccc21. The standard InChI is InChI=1S/C20H24N2O3/c1-14(12-25-13-15-6-3-2-4-7-15)20(24)22-18-9-5-8-17-16(18)10-11-19(23)21-17/h2-4,6-7,10-11,14,18H,5,8-9,12-13H2,1H3,(H,21,23)(H,22,24)/t14-,18-/m0/s1. The Morgan fingerprint density at radius 3 is 2.88 bits per heavy atom. The van der Waals surface area contributed by atoms with Crippen LogP contribution in [0.15, 0.2) is 47.3 Å². The van der Waals surface area contributed by atoms with Crippen LogP contribution < -0.4 is 10.9 Å². The van der Waals surface area contributed by atoms with E-state index in [1.807, 2.05) is 43.3 Å². The maximum atomic E-state index is 12.5. The van der Waals surface area contributed by atoms with Gasteiger partial charge in [0, 0.05) is 11.8 Å². The van der Waals surface area contributed by atoms with Crippen LogP contribution in [0.25, 0.3) is 0 Å². The largest absolute Gasteiger partial charge is 0.376 e. The number of aromatic amines is 1. The van der Waals surface area contributed by atoms with E-state index in [0.29, 0.717) is 13.2 Å². The van der Waals surface area contributed by atoms with E-state index >= 15 is 0 Å². The Labute approximate surface area is 147 Å². The number of ether oxygens (including phenoxy) is 1. The molecule has 1 heterocycles. The number of nitrogens with one attached hydrogen (secondary N) is 2. The molecule has 3 rings (SSSR count). The van der Waals surface area contributed by atoms with Crippen molar-refractivity contribution in [1.29, 1.82) is 0 Å². The number of H-pyrrole nitrogens is 1. The first-order valence-electron chi connectivity index (χ1n) is 8.77. The van der Waals surface area contributed by atoms with Gasteiger partial charge in [-0.05, 0) is 36.5 Å². The number of pyridine rings is 1. The highest BCUT2D eigenvalue weighted by Gasteiger charge is 2.24. The minimum Gasteiger partial charge on any atom is -0.376 e. The van der Waals surface area contributed by atoms with Gasteiger partial charge in [0.15, 0.2) is 0 Å². The van der Waals surface area contributed by atoms with Crippen LogP contribution in [0.4, 0.5) is 0 Å². The maximum absolute atomic E-state index is 12.5. The Kier molecular flexibility index (Phi) is 5.66. The van der Waals surface area contributed by atoms with Gasteiger partial charge >= 0.3 is 0 Å². The molecule has 0 unspecified atom stereocenters. The van der Waals surface area contributed by atoms with Gasteiger partial charge in [-0.15, -0.1) is 0 Å². The lowest BCUT2D eigenvalue weighted by Gasteiger charge is -2.27. The Balaban J connectivity index is 1.53. The molecule has 0 bridgehead atoms. The number of fused-ring (bicyclic) bond motifs is 1. The molecule has 0 aliphatic heterocycles. The third-order valence-corrected chi connectivity index (χ3v) is 4.58. The molecular formula is C20H24N2O3. The summed E-state index contributed by atoms with van der Waals surface area (Å²) in [6, 6.07) is 13.2. The van der Waals surface area contributed by atoms with Crippen LogP contribution in [0, 0.1) is 5.92 Å². The van der Waals surface area contributed by atoms with Crippen molar-refractivity contribution in [2.45, 2.75) is 38.8 Å². The van der Waals surface area contributed by atoms with Crippen molar-refractivity contribution in [3.05, 3.63) is 69.6 Å². The molecule has 2 atom stereocenters. The summed E-state index contributed by atoms with van der Waals surface area (Å²) in [5, 5.41) is 3.10. The molecule has 0 saturated heterocycles. The summed E-state index contributed by atoms with van der Waals surface area (Å²) < 4.78 is 5.67. The number of carbonyl (C=O) groups is 1. The molecule has 2 N–H and O–H groups in total. The molecule has 2 aromatic rings. The maximum Gasteiger partial charge on any atom is 0.248 e. The smallest absolute Gasteiger partial charge is 0.248 e. The van der Waals surface area contributed by atoms with E-state index in [9.17, 15) is 9.59 Å². The van der Waals surface area contributed by atoms with Crippen LogP contribution >= 0.6 is 0 Å². The first kappa shape index (κ1) is 17.4. The monoisotopic (exact) mass is 340 g/mol. The van der Waals surface area contributed by atoms with Gasteiger partial charge in [-0.2, -0.15) is 0 Å². The van der Waals surface area contributed by atoms with Crippen LogP contribution in [0.5, 0.6) is 0 Å². The van der Waals surface area contributed by atoms with Crippen molar-refractivity contribution in [1.82, 2.24) is 10.3 Å². The van der Waals surface area contributed by atoms with E-state index in [-0.39, 0.29) is 23.4 Å². The van der Waals surface area contributed by atoms with Crippen LogP contribution in [0.2, 0.25) is 0 Å². The third kappa shape index (κ3) is 4.57. The number of aromatic nitrogens is 1. The summed E-state index contributed by atoms with van der Waals surface area (Å²) in [6.45, 7) is 2.76. The van der Waals surface area contributed by atoms with Gasteiger partial charge in [0.1, 0.15) is 0 Å². The second-order valence-corrected chi connectivity index (χ2v) is 6.61. The van der Waals surface area contributed by atoms with Gasteiger partial charge in [-0.3, -0.25) is 9.59 Å². The van der Waals surface area contributed by atoms with Gasteiger partial charge in [-0.1, -0.05) is 37.3 Å². The molecule has 1 aromatic heterocycles. The number of benzene rings is 1. The predicted molar refractivity (Wildman–Crippen MR) is 96.1 cm³/mol. The molecule has 1 aromatic carbocycles. The normalized spacial score (nSPS) is 17.6. The van der Waals surface area contributed by atoms with E-state index < -0.39 is 0 Å². The highest BCUT2D eigenvalue weighted by molar-refractivity contribution is 5.79. The summed E-state index contributed by atoms with van der Waals surface area (Å²) in [5.41, 5.74) is 2.97. The molecule has 1 aliphatic carbocycles. The van der Waals surface area contributed by atoms with E-state index in [2.05, 4.69) is 10.3 Å². The van der Waals surface area contributed by atoms with Gasteiger partial charge in [0.05, 0.1) is 25.2 Å². The number of amides is 1. The summed E-state index contributed by atoms with van der Waals surface area (Å²) in [4.78, 5) is 26.8. The van der Waals surface area contributed by atoms with Crippen molar-refractivity contribution >= 4 is 5.91 Å². The number of rotatable bonds is 6. The quantitative estimate of drug-likeness (QED) is 0.849. The minimum absolute atomic E-state index is 0.0166. The van der Waals surface area contributed by atoms with Crippen molar-refractivity contribution in [3.8, 4) is 0 Å². The fourth-order valence-electron chi connectivity index (χ4n) is 3.17. The van der Waals surface area contributed by atoms with E-state index in [1.165, 1.54) is 6.07 Å². The zero-order chi connectivity index (χ0) is 17.6. The molecule has 132 valence electrons. The second-order valence-electron chi connectivity index (χ2n) is 6.61. The topological polar surface area (TPSA) is 71.2 Å². The van der Waals surface area contributed by atoms with Gasteiger partial charge in [0.2, 0.25) is 11.5 Å². The molecular weight excluding hydrogens is 316 g/mol. The zero-order valence-corrected chi connectivity index (χ0v) is 14.5. The number of hydrogen-bond donors (Lipinski definition) is 2. The predicted octanol–water partition coefficient (Wildman–Crippen LogP) is 2.72. The average Bonchev–Trinajstić information content (AvgIpc) is 2.62. The summed E-state index contributed by atoms with van der Waals surface area (Å²) in [7, 11) is 0. The van der Waals surface area contributed by atoms with Crippen molar-refractivity contribution < 1.29 is 9.53 Å². The van der Waals surface area contributed by atoms with Crippen molar-refractivity contribution in [2.24, 2.45) is 5.92 Å². The number of carbonyl (C=O) groups excluding carboxylic acids is 1. The third-order valence-electron chi connectivity index (χ3n) is 4.58. The molecule has 0 saturated carbocycles. The molecule has 1 aliphatic rings. The minimum atomic E-state index is -0.225. The summed E-state index contributed by atoms with van der Waals surface area (Å²) in [6.07, 6.45) is 2.70. The van der Waals surface area contributed by atoms with Gasteiger partial charge in [0.25, 0.3) is 0 Å². The number of aryl methyl sites for hydroxylation is 1. The van der Waals surface area contributed by atoms with Gasteiger partial charge < -0.3 is 15.0 Å². The molecule has 5 nitrogen and oxygen atoms in total. The van der Waals surface area contributed by atoms with Crippen molar-refractivity contribution in [2.75, 3.05) is 6.61 Å². The Morgan fingerprint density at radius 2 is 2.08 bits per heavy atom. The molecule has 0 radical (unpaired) electrons. The van der Waals surface area contributed by atoms with E-state index in [0.717, 1.165) is 36.1 Å². The van der Waals surface area contributed by atoms with Crippen LogP contribution in [-0.2, 0) is 22.6 Å². The van der Waals surface area contributed by atoms with Crippen molar-refractivity contribution in [3.63, 3.8) is 0 Å². The van der Waals surface area contributed by atoms with Crippen LogP contribution in [-0.4, -0.2) is 17.5 Å². The molecule has 5 heteroatoms. The fraction of sp³-hybridized carbons (Fsp3) is 0.400. The Hall–Kier alpha value is -2.40. The van der Waals surface area contributed by atoms with Crippen LogP contribution in [0.1, 0.15) is 42.6 Å². The summed E-state index contributed by atoms with van der Waals surface area (Å²) >= 11 is 0. The lowest BCUT2D eigenvalue weighted by atomic mass is 9.91. The first-order valence-corrected chi connectivity index (χ1v) is 8.77. The highest BCUT2D eigenvalue weighted by atomic mass is 16.5. The van der Waals surface area contributed by atoms with Gasteiger partial charge in [-0.25, -0.2) is 0 Å². The molecule has 1 amide bonds. The highest BCUT2D eigenvalue weighted by Crippen LogP contribution is 2.27. The number of hydrogen-bond acceptors (Lipinski definition) is 3. The second kappa shape index (κ2) is 8.12. The lowest BCUT2D eigenvalue weighted by molar-refractivity contribution is -0.127. The summed E-state index contributed by atoms with van der Waals surface area (Å²) in [5.74, 6) is -0.242. The lowest BCUT2D eigenvalue weighted by Crippen LogP contribution is -2.36. The first-order chi connectivity index (χ1) is 12.1. The molecule has 25 heavy (non-hydrogen) atoms. The van der Waals surface area contributed by atoms with E-state index in [4.69, 9.17) is 4.74 Å². The fourth-order valence-corrected chi connectivity index (χ4v) is 3.17. The van der Waals surface area contributed by atoms with Crippen LogP contribution in [0.3, 0.4) is 0 Å². The molecule has 0 fully saturated rings. The zero-order valence-electron chi connectivity index (χ0n) is 14.5. The van der Waals surface area contributed by atoms with E-state index in [1.54, 1.807) is 0 Å². The molecule has 0 spiro atoms. The average molecular weight is 340 g/mol. The Morgan fingerprint density at radius 1 is 1.28 bits per heavy atom. The Bertz CT molecular complexity index is 770.